The van der Waals surface area contributed by atoms with E-state index in [0.29, 0.717) is 17.7 Å². The topological polar surface area (TPSA) is 107 Å². The van der Waals surface area contributed by atoms with Crippen molar-refractivity contribution in [2.75, 3.05) is 26.7 Å². The fourth-order valence-electron chi connectivity index (χ4n) is 5.31. The van der Waals surface area contributed by atoms with Crippen LogP contribution in [0.1, 0.15) is 44.2 Å². The van der Waals surface area contributed by atoms with Crippen LogP contribution >= 0.6 is 0 Å². The lowest BCUT2D eigenvalue weighted by atomic mass is 9.67. The lowest BCUT2D eigenvalue weighted by molar-refractivity contribution is -0.133. The quantitative estimate of drug-likeness (QED) is 0.388. The molecule has 1 aliphatic rings. The number of rotatable bonds is 8. The van der Waals surface area contributed by atoms with Gasteiger partial charge in [-0.15, -0.1) is 0 Å². The molecule has 3 N–H and O–H groups in total. The molecule has 4 rings (SSSR count). The largest absolute Gasteiger partial charge is 0.508 e. The van der Waals surface area contributed by atoms with Crippen molar-refractivity contribution < 1.29 is 29.0 Å². The molecule has 2 atom stereocenters. The summed E-state index contributed by atoms with van der Waals surface area (Å²) in [4.78, 5) is 42.6. The number of phenols is 2. The van der Waals surface area contributed by atoms with Gasteiger partial charge in [-0.1, -0.05) is 36.4 Å². The Morgan fingerprint density at radius 1 is 0.895 bits per heavy atom. The van der Waals surface area contributed by atoms with Crippen LogP contribution in [0.3, 0.4) is 0 Å². The number of aromatic hydroxyl groups is 2. The van der Waals surface area contributed by atoms with Gasteiger partial charge in [0.25, 0.3) is 0 Å². The average molecular weight is 519 g/mol. The van der Waals surface area contributed by atoms with Crippen molar-refractivity contribution in [1.82, 2.24) is 10.2 Å². The molecule has 198 valence electrons. The van der Waals surface area contributed by atoms with Crippen LogP contribution < -0.4 is 5.32 Å². The van der Waals surface area contributed by atoms with Gasteiger partial charge in [-0.25, -0.2) is 4.39 Å². The number of amides is 1. The highest BCUT2D eigenvalue weighted by molar-refractivity contribution is 6.03. The van der Waals surface area contributed by atoms with Gasteiger partial charge in [0.2, 0.25) is 5.91 Å². The third-order valence-electron chi connectivity index (χ3n) is 7.25. The number of carbonyl (C=O) groups is 3. The van der Waals surface area contributed by atoms with E-state index in [2.05, 4.69) is 5.32 Å². The fourth-order valence-corrected chi connectivity index (χ4v) is 5.31. The van der Waals surface area contributed by atoms with Gasteiger partial charge in [0.15, 0.2) is 11.6 Å². The number of ketones is 2. The van der Waals surface area contributed by atoms with Gasteiger partial charge >= 0.3 is 0 Å². The van der Waals surface area contributed by atoms with Crippen molar-refractivity contribution >= 4 is 17.5 Å². The summed E-state index contributed by atoms with van der Waals surface area (Å²) in [6.07, 6.45) is 0.181. The van der Waals surface area contributed by atoms with E-state index >= 15 is 0 Å². The standard InChI is InChI=1S/C30H31FN2O5/c1-18-23(10-5-11-26(18)31)28-24(29(37)19-6-3-8-21(34)14-19)16-33(27(36)12-13-32-2)17-25(28)30(38)20-7-4-9-22(35)15-20/h3-11,14-15,24-25,28,32,34-35H,12-13,16-17H2,1-2H3. The van der Waals surface area contributed by atoms with E-state index in [1.54, 1.807) is 50.4 Å². The third kappa shape index (κ3) is 5.60. The Balaban J connectivity index is 1.87. The maximum absolute atomic E-state index is 14.8. The van der Waals surface area contributed by atoms with Gasteiger partial charge < -0.3 is 20.4 Å². The van der Waals surface area contributed by atoms with Crippen molar-refractivity contribution in [2.45, 2.75) is 19.3 Å². The molecule has 1 saturated heterocycles. The van der Waals surface area contributed by atoms with Gasteiger partial charge in [-0.2, -0.15) is 0 Å². The highest BCUT2D eigenvalue weighted by Gasteiger charge is 2.46. The van der Waals surface area contributed by atoms with Crippen molar-refractivity contribution in [2.24, 2.45) is 11.8 Å². The molecule has 0 bridgehead atoms. The maximum Gasteiger partial charge on any atom is 0.223 e. The summed E-state index contributed by atoms with van der Waals surface area (Å²) >= 11 is 0. The van der Waals surface area contributed by atoms with E-state index in [-0.39, 0.29) is 59.6 Å². The number of halogens is 1. The van der Waals surface area contributed by atoms with Gasteiger partial charge in [-0.05, 0) is 55.4 Å². The Morgan fingerprint density at radius 3 is 1.92 bits per heavy atom. The Kier molecular flexibility index (Phi) is 8.22. The number of phenolic OH excluding ortho intramolecular Hbond substituents is 2. The number of likely N-dealkylation sites (tertiary alicyclic amines) is 1. The fraction of sp³-hybridized carbons (Fsp3) is 0.300. The highest BCUT2D eigenvalue weighted by Crippen LogP contribution is 2.43. The number of piperidine rings is 1. The Morgan fingerprint density at radius 2 is 1.42 bits per heavy atom. The van der Waals surface area contributed by atoms with E-state index in [1.807, 2.05) is 0 Å². The van der Waals surface area contributed by atoms with Gasteiger partial charge in [0.1, 0.15) is 17.3 Å². The van der Waals surface area contributed by atoms with Gasteiger partial charge in [-0.3, -0.25) is 14.4 Å². The summed E-state index contributed by atoms with van der Waals surface area (Å²) in [6.45, 7) is 2.13. The van der Waals surface area contributed by atoms with Crippen LogP contribution in [-0.2, 0) is 4.79 Å². The van der Waals surface area contributed by atoms with Gasteiger partial charge in [0, 0.05) is 54.9 Å². The molecule has 1 heterocycles. The summed E-state index contributed by atoms with van der Waals surface area (Å²) in [7, 11) is 1.73. The smallest absolute Gasteiger partial charge is 0.223 e. The monoisotopic (exact) mass is 518 g/mol. The zero-order valence-electron chi connectivity index (χ0n) is 21.4. The number of hydrogen-bond acceptors (Lipinski definition) is 6. The predicted octanol–water partition coefficient (Wildman–Crippen LogP) is 4.08. The molecule has 1 aliphatic heterocycles. The van der Waals surface area contributed by atoms with E-state index in [4.69, 9.17) is 0 Å². The molecule has 0 radical (unpaired) electrons. The van der Waals surface area contributed by atoms with Crippen molar-refractivity contribution in [1.29, 1.82) is 0 Å². The molecule has 3 aromatic carbocycles. The first-order valence-corrected chi connectivity index (χ1v) is 12.5. The lowest BCUT2D eigenvalue weighted by Gasteiger charge is -2.43. The molecule has 7 nitrogen and oxygen atoms in total. The first-order chi connectivity index (χ1) is 18.2. The molecule has 3 aromatic rings. The highest BCUT2D eigenvalue weighted by atomic mass is 19.1. The van der Waals surface area contributed by atoms with Gasteiger partial charge in [0.05, 0.1) is 0 Å². The number of benzene rings is 3. The molecule has 0 aromatic heterocycles. The van der Waals surface area contributed by atoms with Crippen LogP contribution in [0.15, 0.2) is 66.7 Å². The van der Waals surface area contributed by atoms with Crippen LogP contribution in [0.25, 0.3) is 0 Å². The molecule has 8 heteroatoms. The number of Topliss-reactive ketones (excluding diaryl/α,β-unsaturated/α-hetero) is 2. The van der Waals surface area contributed by atoms with Crippen molar-refractivity contribution in [3.05, 3.63) is 94.8 Å². The van der Waals surface area contributed by atoms with E-state index < -0.39 is 23.6 Å². The summed E-state index contributed by atoms with van der Waals surface area (Å²) in [5.74, 6) is -4.04. The first-order valence-electron chi connectivity index (χ1n) is 12.5. The van der Waals surface area contributed by atoms with Crippen LogP contribution in [0.2, 0.25) is 0 Å². The number of nitrogens with one attached hydrogen (secondary N) is 1. The minimum atomic E-state index is -0.879. The average Bonchev–Trinajstić information content (AvgIpc) is 2.91. The van der Waals surface area contributed by atoms with Crippen molar-refractivity contribution in [3.63, 3.8) is 0 Å². The summed E-state index contributed by atoms with van der Waals surface area (Å²) in [5, 5.41) is 23.0. The van der Waals surface area contributed by atoms with Crippen LogP contribution in [0, 0.1) is 24.6 Å². The molecular weight excluding hydrogens is 487 g/mol. The minimum Gasteiger partial charge on any atom is -0.508 e. The Bertz CT molecular complexity index is 1290. The zero-order valence-corrected chi connectivity index (χ0v) is 21.4. The summed E-state index contributed by atoms with van der Waals surface area (Å²) < 4.78 is 14.8. The second-order valence-corrected chi connectivity index (χ2v) is 9.67. The van der Waals surface area contributed by atoms with Crippen LogP contribution in [-0.4, -0.2) is 59.3 Å². The Labute approximate surface area is 220 Å². The Hall–Kier alpha value is -4.04. The van der Waals surface area contributed by atoms with E-state index in [9.17, 15) is 29.0 Å². The van der Waals surface area contributed by atoms with E-state index in [0.717, 1.165) is 0 Å². The predicted molar refractivity (Wildman–Crippen MR) is 141 cm³/mol. The number of carbonyl (C=O) groups excluding carboxylic acids is 3. The molecule has 38 heavy (non-hydrogen) atoms. The number of nitrogens with zero attached hydrogens (tertiary/aromatic N) is 1. The molecule has 0 saturated carbocycles. The normalized spacial score (nSPS) is 19.2. The molecule has 2 unspecified atom stereocenters. The minimum absolute atomic E-state index is 0.0431. The molecule has 0 spiro atoms. The summed E-state index contributed by atoms with van der Waals surface area (Å²) in [6, 6.07) is 16.5. The molecule has 0 aliphatic carbocycles. The summed E-state index contributed by atoms with van der Waals surface area (Å²) in [5.41, 5.74) is 1.32. The van der Waals surface area contributed by atoms with Crippen LogP contribution in [0.5, 0.6) is 11.5 Å². The SMILES string of the molecule is CNCCC(=O)N1CC(C(=O)c2cccc(O)c2)C(c2cccc(F)c2C)C(C(=O)c2cccc(O)c2)C1. The van der Waals surface area contributed by atoms with Crippen molar-refractivity contribution in [3.8, 4) is 11.5 Å². The molecular formula is C30H31FN2O5. The second kappa shape index (κ2) is 11.6. The molecule has 1 amide bonds. The zero-order chi connectivity index (χ0) is 27.4. The number of hydrogen-bond donors (Lipinski definition) is 3. The van der Waals surface area contributed by atoms with E-state index in [1.165, 1.54) is 35.2 Å². The van der Waals surface area contributed by atoms with Crippen LogP contribution in [0.4, 0.5) is 4.39 Å². The lowest BCUT2D eigenvalue weighted by Crippen LogP contribution is -2.52. The third-order valence-corrected chi connectivity index (χ3v) is 7.25. The second-order valence-electron chi connectivity index (χ2n) is 9.67. The maximum atomic E-state index is 14.8. The first kappa shape index (κ1) is 27.0. The molecule has 1 fully saturated rings.